The molecule has 0 aliphatic carbocycles. The van der Waals surface area contributed by atoms with Crippen molar-refractivity contribution in [1.29, 1.82) is 0 Å². The van der Waals surface area contributed by atoms with Gasteiger partial charge in [-0.3, -0.25) is 4.79 Å². The Kier molecular flexibility index (Phi) is 6.24. The first-order chi connectivity index (χ1) is 11.0. The first-order valence-electron chi connectivity index (χ1n) is 7.46. The average Bonchev–Trinajstić information content (AvgIpc) is 2.52. The first-order valence-corrected chi connectivity index (χ1v) is 7.84. The molecule has 2 rings (SSSR count). The van der Waals surface area contributed by atoms with Crippen molar-refractivity contribution in [2.24, 2.45) is 0 Å². The lowest BCUT2D eigenvalue weighted by atomic mass is 10.1. The fraction of sp³-hybridized carbons (Fsp3) is 0.211. The molecular formula is C19H20ClNO2. The molecule has 2 aromatic rings. The number of nitrogens with one attached hydrogen (secondary N) is 1. The molecule has 0 saturated carbocycles. The highest BCUT2D eigenvalue weighted by Gasteiger charge is 2.00. The Morgan fingerprint density at radius 3 is 2.61 bits per heavy atom. The van der Waals surface area contributed by atoms with Crippen LogP contribution in [-0.2, 0) is 4.79 Å². The SMILES string of the molecule is Cc1ccc(OCCNC(=O)/C=C/c2ccc(Cl)cc2)c(C)c1. The number of amides is 1. The molecule has 1 amide bonds. The second-order valence-corrected chi connectivity index (χ2v) is 5.73. The molecule has 0 aliphatic rings. The lowest BCUT2D eigenvalue weighted by Crippen LogP contribution is -2.26. The second kappa shape index (κ2) is 8.39. The molecule has 0 heterocycles. The van der Waals surface area contributed by atoms with Crippen molar-refractivity contribution in [2.75, 3.05) is 13.2 Å². The van der Waals surface area contributed by atoms with Crippen LogP contribution in [0.3, 0.4) is 0 Å². The van der Waals surface area contributed by atoms with Crippen LogP contribution in [0.4, 0.5) is 0 Å². The molecule has 0 saturated heterocycles. The van der Waals surface area contributed by atoms with Gasteiger partial charge in [0.2, 0.25) is 5.91 Å². The summed E-state index contributed by atoms with van der Waals surface area (Å²) in [7, 11) is 0. The molecule has 23 heavy (non-hydrogen) atoms. The fourth-order valence-electron chi connectivity index (χ4n) is 2.10. The molecule has 0 unspecified atom stereocenters. The van der Waals surface area contributed by atoms with Gasteiger partial charge in [0.15, 0.2) is 0 Å². The zero-order valence-electron chi connectivity index (χ0n) is 13.3. The largest absolute Gasteiger partial charge is 0.491 e. The van der Waals surface area contributed by atoms with Gasteiger partial charge in [-0.25, -0.2) is 0 Å². The maximum absolute atomic E-state index is 11.7. The van der Waals surface area contributed by atoms with Crippen molar-refractivity contribution < 1.29 is 9.53 Å². The van der Waals surface area contributed by atoms with E-state index in [0.717, 1.165) is 16.9 Å². The van der Waals surface area contributed by atoms with Crippen molar-refractivity contribution in [3.05, 3.63) is 70.3 Å². The van der Waals surface area contributed by atoms with Gasteiger partial charge >= 0.3 is 0 Å². The summed E-state index contributed by atoms with van der Waals surface area (Å²) in [4.78, 5) is 11.7. The van der Waals surface area contributed by atoms with Gasteiger partial charge < -0.3 is 10.1 Å². The zero-order chi connectivity index (χ0) is 16.7. The van der Waals surface area contributed by atoms with Gasteiger partial charge in [-0.1, -0.05) is 41.4 Å². The number of rotatable bonds is 6. The highest BCUT2D eigenvalue weighted by molar-refractivity contribution is 6.30. The summed E-state index contributed by atoms with van der Waals surface area (Å²) in [5.74, 6) is 0.700. The van der Waals surface area contributed by atoms with E-state index in [1.54, 1.807) is 18.2 Å². The van der Waals surface area contributed by atoms with Gasteiger partial charge in [-0.2, -0.15) is 0 Å². The molecule has 3 nitrogen and oxygen atoms in total. The quantitative estimate of drug-likeness (QED) is 0.638. The number of hydrogen-bond acceptors (Lipinski definition) is 2. The topological polar surface area (TPSA) is 38.3 Å². The molecule has 0 spiro atoms. The Morgan fingerprint density at radius 1 is 1.17 bits per heavy atom. The third-order valence-corrected chi connectivity index (χ3v) is 3.54. The summed E-state index contributed by atoms with van der Waals surface area (Å²) in [5.41, 5.74) is 3.23. The van der Waals surface area contributed by atoms with Crippen LogP contribution in [0.2, 0.25) is 5.02 Å². The summed E-state index contributed by atoms with van der Waals surface area (Å²) >= 11 is 5.81. The summed E-state index contributed by atoms with van der Waals surface area (Å²) < 4.78 is 5.66. The van der Waals surface area contributed by atoms with Crippen LogP contribution in [0.25, 0.3) is 6.08 Å². The third kappa shape index (κ3) is 5.80. The molecule has 0 fully saturated rings. The highest BCUT2D eigenvalue weighted by atomic mass is 35.5. The van der Waals surface area contributed by atoms with Gasteiger partial charge in [-0.15, -0.1) is 0 Å². The van der Waals surface area contributed by atoms with Crippen LogP contribution in [0, 0.1) is 13.8 Å². The van der Waals surface area contributed by atoms with Crippen LogP contribution >= 0.6 is 11.6 Å². The zero-order valence-corrected chi connectivity index (χ0v) is 14.1. The van der Waals surface area contributed by atoms with Gasteiger partial charge in [0, 0.05) is 11.1 Å². The van der Waals surface area contributed by atoms with Crippen molar-refractivity contribution in [3.63, 3.8) is 0 Å². The number of ether oxygens (including phenoxy) is 1. The monoisotopic (exact) mass is 329 g/mol. The van der Waals surface area contributed by atoms with E-state index in [9.17, 15) is 4.79 Å². The maximum atomic E-state index is 11.7. The molecule has 0 radical (unpaired) electrons. The number of aryl methyl sites for hydroxylation is 2. The highest BCUT2D eigenvalue weighted by Crippen LogP contribution is 2.18. The second-order valence-electron chi connectivity index (χ2n) is 5.29. The Labute approximate surface area is 141 Å². The molecule has 0 bridgehead atoms. The smallest absolute Gasteiger partial charge is 0.244 e. The Bertz CT molecular complexity index is 693. The summed E-state index contributed by atoms with van der Waals surface area (Å²) in [6.45, 7) is 4.95. The Hall–Kier alpha value is -2.26. The van der Waals surface area contributed by atoms with Crippen LogP contribution < -0.4 is 10.1 Å². The molecule has 2 aromatic carbocycles. The van der Waals surface area contributed by atoms with Crippen LogP contribution in [0.15, 0.2) is 48.5 Å². The summed E-state index contributed by atoms with van der Waals surface area (Å²) in [6.07, 6.45) is 3.25. The number of halogens is 1. The van der Waals surface area contributed by atoms with Crippen molar-refractivity contribution in [3.8, 4) is 5.75 Å². The van der Waals surface area contributed by atoms with E-state index >= 15 is 0 Å². The van der Waals surface area contributed by atoms with E-state index in [4.69, 9.17) is 16.3 Å². The van der Waals surface area contributed by atoms with E-state index in [1.165, 1.54) is 11.6 Å². The van der Waals surface area contributed by atoms with Gasteiger partial charge in [0.1, 0.15) is 12.4 Å². The maximum Gasteiger partial charge on any atom is 0.244 e. The van der Waals surface area contributed by atoms with Crippen molar-refractivity contribution >= 4 is 23.6 Å². The van der Waals surface area contributed by atoms with Gasteiger partial charge in [0.25, 0.3) is 0 Å². The number of hydrogen-bond donors (Lipinski definition) is 1. The van der Waals surface area contributed by atoms with Crippen LogP contribution in [-0.4, -0.2) is 19.1 Å². The number of benzene rings is 2. The molecule has 0 aromatic heterocycles. The van der Waals surface area contributed by atoms with E-state index in [-0.39, 0.29) is 5.91 Å². The molecular weight excluding hydrogens is 310 g/mol. The fourth-order valence-corrected chi connectivity index (χ4v) is 2.23. The molecule has 0 aliphatic heterocycles. The van der Waals surface area contributed by atoms with E-state index < -0.39 is 0 Å². The molecule has 1 N–H and O–H groups in total. The van der Waals surface area contributed by atoms with Gasteiger partial charge in [-0.05, 0) is 49.2 Å². The predicted molar refractivity (Wildman–Crippen MR) is 94.9 cm³/mol. The summed E-state index contributed by atoms with van der Waals surface area (Å²) in [5, 5.41) is 3.46. The predicted octanol–water partition coefficient (Wildman–Crippen LogP) is 4.17. The van der Waals surface area contributed by atoms with Crippen LogP contribution in [0.5, 0.6) is 5.75 Å². The number of carbonyl (C=O) groups is 1. The van der Waals surface area contributed by atoms with E-state index in [1.807, 2.05) is 38.1 Å². The third-order valence-electron chi connectivity index (χ3n) is 3.29. The van der Waals surface area contributed by atoms with Crippen LogP contribution in [0.1, 0.15) is 16.7 Å². The molecule has 120 valence electrons. The standard InChI is InChI=1S/C19H20ClNO2/c1-14-3-9-18(15(2)13-14)23-12-11-21-19(22)10-6-16-4-7-17(20)8-5-16/h3-10,13H,11-12H2,1-2H3,(H,21,22)/b10-6+. The first kappa shape index (κ1) is 17.1. The van der Waals surface area contributed by atoms with E-state index in [2.05, 4.69) is 11.4 Å². The number of carbonyl (C=O) groups excluding carboxylic acids is 1. The average molecular weight is 330 g/mol. The van der Waals surface area contributed by atoms with Crippen molar-refractivity contribution in [1.82, 2.24) is 5.32 Å². The minimum atomic E-state index is -0.149. The summed E-state index contributed by atoms with van der Waals surface area (Å²) in [6, 6.07) is 13.3. The Morgan fingerprint density at radius 2 is 1.91 bits per heavy atom. The normalized spacial score (nSPS) is 10.7. The minimum absolute atomic E-state index is 0.149. The Balaban J connectivity index is 1.73. The lowest BCUT2D eigenvalue weighted by Gasteiger charge is -2.09. The van der Waals surface area contributed by atoms with Crippen molar-refractivity contribution in [2.45, 2.75) is 13.8 Å². The molecule has 0 atom stereocenters. The van der Waals surface area contributed by atoms with E-state index in [0.29, 0.717) is 18.2 Å². The molecule has 4 heteroatoms. The van der Waals surface area contributed by atoms with Gasteiger partial charge in [0.05, 0.1) is 6.54 Å². The lowest BCUT2D eigenvalue weighted by molar-refractivity contribution is -0.116. The minimum Gasteiger partial charge on any atom is -0.491 e.